The lowest BCUT2D eigenvalue weighted by Crippen LogP contribution is -2.42. The molecule has 0 fully saturated rings. The minimum Gasteiger partial charge on any atom is -0.481 e. The van der Waals surface area contributed by atoms with Crippen molar-refractivity contribution in [2.75, 3.05) is 5.32 Å². The standard InChI is InChI=1S/C14H18N2O3/c1-9(6-7-13(17)18)15-14(19)12-8-10-4-2-3-5-11(10)16-12/h2-5,9,12,16H,6-8H2,1H3,(H,15,19)(H,17,18). The molecule has 0 bridgehead atoms. The number of rotatable bonds is 5. The zero-order valence-corrected chi connectivity index (χ0v) is 10.8. The van der Waals surface area contributed by atoms with Crippen LogP contribution >= 0.6 is 0 Å². The molecule has 3 N–H and O–H groups in total. The normalized spacial score (nSPS) is 18.3. The van der Waals surface area contributed by atoms with Crippen LogP contribution in [0, 0.1) is 0 Å². The number of anilines is 1. The van der Waals surface area contributed by atoms with Crippen LogP contribution < -0.4 is 10.6 Å². The molecule has 0 aliphatic carbocycles. The summed E-state index contributed by atoms with van der Waals surface area (Å²) in [5.41, 5.74) is 2.14. The monoisotopic (exact) mass is 262 g/mol. The average Bonchev–Trinajstić information content (AvgIpc) is 2.80. The van der Waals surface area contributed by atoms with Crippen molar-refractivity contribution in [3.05, 3.63) is 29.8 Å². The van der Waals surface area contributed by atoms with Gasteiger partial charge < -0.3 is 15.7 Å². The average molecular weight is 262 g/mol. The zero-order chi connectivity index (χ0) is 13.8. The third kappa shape index (κ3) is 3.47. The number of carboxylic acids is 1. The molecule has 5 nitrogen and oxygen atoms in total. The van der Waals surface area contributed by atoms with E-state index in [4.69, 9.17) is 5.11 Å². The molecule has 2 atom stereocenters. The summed E-state index contributed by atoms with van der Waals surface area (Å²) in [4.78, 5) is 22.5. The van der Waals surface area contributed by atoms with Crippen molar-refractivity contribution in [1.29, 1.82) is 0 Å². The van der Waals surface area contributed by atoms with E-state index < -0.39 is 5.97 Å². The molecule has 1 aliphatic rings. The highest BCUT2D eigenvalue weighted by molar-refractivity contribution is 5.87. The lowest BCUT2D eigenvalue weighted by molar-refractivity contribution is -0.137. The molecule has 0 spiro atoms. The van der Waals surface area contributed by atoms with Crippen LogP contribution in [0.15, 0.2) is 24.3 Å². The molecule has 2 rings (SSSR count). The van der Waals surface area contributed by atoms with Crippen LogP contribution in [0.25, 0.3) is 0 Å². The van der Waals surface area contributed by atoms with E-state index in [1.807, 2.05) is 31.2 Å². The van der Waals surface area contributed by atoms with E-state index in [2.05, 4.69) is 10.6 Å². The van der Waals surface area contributed by atoms with Crippen molar-refractivity contribution in [3.63, 3.8) is 0 Å². The Labute approximate surface area is 112 Å². The first kappa shape index (κ1) is 13.4. The van der Waals surface area contributed by atoms with Crippen LogP contribution in [0.5, 0.6) is 0 Å². The summed E-state index contributed by atoms with van der Waals surface area (Å²) in [7, 11) is 0. The Morgan fingerprint density at radius 2 is 2.21 bits per heavy atom. The van der Waals surface area contributed by atoms with E-state index >= 15 is 0 Å². The van der Waals surface area contributed by atoms with Crippen molar-refractivity contribution in [1.82, 2.24) is 5.32 Å². The van der Waals surface area contributed by atoms with E-state index in [-0.39, 0.29) is 24.4 Å². The zero-order valence-electron chi connectivity index (χ0n) is 10.8. The van der Waals surface area contributed by atoms with E-state index in [1.165, 1.54) is 0 Å². The minimum atomic E-state index is -0.840. The summed E-state index contributed by atoms with van der Waals surface area (Å²) < 4.78 is 0. The van der Waals surface area contributed by atoms with Gasteiger partial charge in [0, 0.05) is 24.6 Å². The summed E-state index contributed by atoms with van der Waals surface area (Å²) >= 11 is 0. The van der Waals surface area contributed by atoms with E-state index in [9.17, 15) is 9.59 Å². The fourth-order valence-electron chi connectivity index (χ4n) is 2.21. The number of para-hydroxylation sites is 1. The Hall–Kier alpha value is -2.04. The van der Waals surface area contributed by atoms with Gasteiger partial charge >= 0.3 is 5.97 Å². The van der Waals surface area contributed by atoms with Gasteiger partial charge in [0.05, 0.1) is 0 Å². The number of hydrogen-bond acceptors (Lipinski definition) is 3. The van der Waals surface area contributed by atoms with Crippen LogP contribution in [0.1, 0.15) is 25.3 Å². The quantitative estimate of drug-likeness (QED) is 0.749. The van der Waals surface area contributed by atoms with Gasteiger partial charge in [-0.3, -0.25) is 9.59 Å². The maximum Gasteiger partial charge on any atom is 0.303 e. The predicted octanol–water partition coefficient (Wildman–Crippen LogP) is 1.39. The summed E-state index contributed by atoms with van der Waals surface area (Å²) in [5.74, 6) is -0.915. The van der Waals surface area contributed by atoms with Gasteiger partial charge in [-0.2, -0.15) is 0 Å². The van der Waals surface area contributed by atoms with Gasteiger partial charge in [0.1, 0.15) is 6.04 Å². The topological polar surface area (TPSA) is 78.4 Å². The molecule has 0 radical (unpaired) electrons. The molecule has 0 saturated carbocycles. The Kier molecular flexibility index (Phi) is 4.04. The molecule has 5 heteroatoms. The van der Waals surface area contributed by atoms with Gasteiger partial charge in [0.15, 0.2) is 0 Å². The minimum absolute atomic E-state index is 0.0692. The third-order valence-corrected chi connectivity index (χ3v) is 3.27. The number of carbonyl (C=O) groups excluding carboxylic acids is 1. The van der Waals surface area contributed by atoms with Crippen LogP contribution in [-0.2, 0) is 16.0 Å². The fraction of sp³-hybridized carbons (Fsp3) is 0.429. The smallest absolute Gasteiger partial charge is 0.303 e. The molecule has 1 amide bonds. The van der Waals surface area contributed by atoms with Crippen molar-refractivity contribution >= 4 is 17.6 Å². The Morgan fingerprint density at radius 3 is 2.89 bits per heavy atom. The summed E-state index contributed by atoms with van der Waals surface area (Å²) in [6, 6.07) is 7.46. The van der Waals surface area contributed by atoms with E-state index in [1.54, 1.807) is 0 Å². The molecule has 1 aliphatic heterocycles. The molecule has 19 heavy (non-hydrogen) atoms. The number of benzene rings is 1. The molecule has 0 saturated heterocycles. The highest BCUT2D eigenvalue weighted by Gasteiger charge is 2.26. The molecule has 0 aromatic heterocycles. The van der Waals surface area contributed by atoms with Crippen LogP contribution in [-0.4, -0.2) is 29.1 Å². The molecular weight excluding hydrogens is 244 g/mol. The number of nitrogens with one attached hydrogen (secondary N) is 2. The maximum absolute atomic E-state index is 12.0. The molecule has 1 aromatic carbocycles. The van der Waals surface area contributed by atoms with Crippen molar-refractivity contribution in [2.24, 2.45) is 0 Å². The number of aliphatic carboxylic acids is 1. The van der Waals surface area contributed by atoms with Crippen LogP contribution in [0.2, 0.25) is 0 Å². The van der Waals surface area contributed by atoms with Gasteiger partial charge in [-0.1, -0.05) is 18.2 Å². The number of carboxylic acid groups (broad SMARTS) is 1. The molecule has 1 aromatic rings. The summed E-state index contributed by atoms with van der Waals surface area (Å²) in [6.45, 7) is 1.82. The Morgan fingerprint density at radius 1 is 1.47 bits per heavy atom. The SMILES string of the molecule is CC(CCC(=O)O)NC(=O)C1Cc2ccccc2N1. The first-order valence-electron chi connectivity index (χ1n) is 6.43. The molecule has 1 heterocycles. The Balaban J connectivity index is 1.84. The number of carbonyl (C=O) groups is 2. The van der Waals surface area contributed by atoms with Crippen molar-refractivity contribution in [3.8, 4) is 0 Å². The van der Waals surface area contributed by atoms with Gasteiger partial charge in [0.2, 0.25) is 5.91 Å². The highest BCUT2D eigenvalue weighted by atomic mass is 16.4. The molecule has 2 unspecified atom stereocenters. The second-order valence-electron chi connectivity index (χ2n) is 4.90. The first-order chi connectivity index (χ1) is 9.06. The Bertz CT molecular complexity index is 462. The first-order valence-corrected chi connectivity index (χ1v) is 6.43. The van der Waals surface area contributed by atoms with Gasteiger partial charge in [-0.25, -0.2) is 0 Å². The van der Waals surface area contributed by atoms with Crippen molar-refractivity contribution < 1.29 is 14.7 Å². The van der Waals surface area contributed by atoms with E-state index in [0.717, 1.165) is 11.3 Å². The largest absolute Gasteiger partial charge is 0.481 e. The summed E-state index contributed by atoms with van der Waals surface area (Å²) in [5, 5.41) is 14.6. The van der Waals surface area contributed by atoms with Gasteiger partial charge in [-0.15, -0.1) is 0 Å². The van der Waals surface area contributed by atoms with Gasteiger partial charge in [-0.05, 0) is 25.0 Å². The second kappa shape index (κ2) is 5.73. The van der Waals surface area contributed by atoms with Crippen molar-refractivity contribution in [2.45, 2.75) is 38.3 Å². The maximum atomic E-state index is 12.0. The number of amides is 1. The molecular formula is C14H18N2O3. The fourth-order valence-corrected chi connectivity index (χ4v) is 2.21. The number of fused-ring (bicyclic) bond motifs is 1. The van der Waals surface area contributed by atoms with E-state index in [0.29, 0.717) is 12.8 Å². The predicted molar refractivity (Wildman–Crippen MR) is 72.0 cm³/mol. The highest BCUT2D eigenvalue weighted by Crippen LogP contribution is 2.25. The number of hydrogen-bond donors (Lipinski definition) is 3. The van der Waals surface area contributed by atoms with Crippen LogP contribution in [0.3, 0.4) is 0 Å². The third-order valence-electron chi connectivity index (χ3n) is 3.27. The van der Waals surface area contributed by atoms with Crippen LogP contribution in [0.4, 0.5) is 5.69 Å². The second-order valence-corrected chi connectivity index (χ2v) is 4.90. The summed E-state index contributed by atoms with van der Waals surface area (Å²) in [6.07, 6.45) is 1.19. The lowest BCUT2D eigenvalue weighted by Gasteiger charge is -2.17. The van der Waals surface area contributed by atoms with Gasteiger partial charge in [0.25, 0.3) is 0 Å². The molecule has 102 valence electrons. The lowest BCUT2D eigenvalue weighted by atomic mass is 10.1.